The molecular formula is C18H29N3O2. The van der Waals surface area contributed by atoms with Crippen LogP contribution in [-0.2, 0) is 5.54 Å². The van der Waals surface area contributed by atoms with Crippen molar-refractivity contribution in [3.8, 4) is 0 Å². The molecule has 128 valence electrons. The van der Waals surface area contributed by atoms with Crippen LogP contribution in [0.25, 0.3) is 0 Å². The molecule has 1 saturated carbocycles. The van der Waals surface area contributed by atoms with E-state index < -0.39 is 5.60 Å². The van der Waals surface area contributed by atoms with E-state index in [4.69, 9.17) is 0 Å². The van der Waals surface area contributed by atoms with E-state index in [1.165, 1.54) is 18.5 Å². The highest BCUT2D eigenvalue weighted by molar-refractivity contribution is 5.93. The van der Waals surface area contributed by atoms with Crippen molar-refractivity contribution in [3.63, 3.8) is 0 Å². The Morgan fingerprint density at radius 3 is 2.39 bits per heavy atom. The number of amides is 1. The van der Waals surface area contributed by atoms with E-state index in [1.807, 2.05) is 15.6 Å². The quantitative estimate of drug-likeness (QED) is 0.932. The third-order valence-electron chi connectivity index (χ3n) is 4.92. The molecule has 0 spiro atoms. The number of nitrogens with zero attached hydrogens (tertiary/aromatic N) is 3. The molecule has 1 N–H and O–H groups in total. The van der Waals surface area contributed by atoms with Crippen LogP contribution in [0.3, 0.4) is 0 Å². The number of hydrogen-bond donors (Lipinski definition) is 1. The SMILES string of the molecule is CC(C)(O)C1CCCN1C(=O)c1cc(C2CC2)n(C(C)(C)C)n1. The van der Waals surface area contributed by atoms with Crippen LogP contribution in [0.2, 0.25) is 0 Å². The highest BCUT2D eigenvalue weighted by atomic mass is 16.3. The molecule has 0 aromatic carbocycles. The summed E-state index contributed by atoms with van der Waals surface area (Å²) in [4.78, 5) is 14.8. The molecule has 5 nitrogen and oxygen atoms in total. The molecule has 2 aliphatic rings. The van der Waals surface area contributed by atoms with Crippen molar-refractivity contribution in [2.24, 2.45) is 0 Å². The molecule has 0 radical (unpaired) electrons. The fourth-order valence-corrected chi connectivity index (χ4v) is 3.60. The second kappa shape index (κ2) is 5.33. The van der Waals surface area contributed by atoms with E-state index in [2.05, 4.69) is 25.9 Å². The highest BCUT2D eigenvalue weighted by Gasteiger charge is 2.40. The Labute approximate surface area is 138 Å². The van der Waals surface area contributed by atoms with Gasteiger partial charge in [0.15, 0.2) is 5.69 Å². The molecule has 1 aromatic rings. The topological polar surface area (TPSA) is 58.4 Å². The first-order valence-corrected chi connectivity index (χ1v) is 8.73. The minimum Gasteiger partial charge on any atom is -0.388 e. The predicted octanol–water partition coefficient (Wildman–Crippen LogP) is 2.89. The van der Waals surface area contributed by atoms with Crippen LogP contribution in [0, 0.1) is 0 Å². The number of rotatable bonds is 3. The Morgan fingerprint density at radius 2 is 1.87 bits per heavy atom. The van der Waals surface area contributed by atoms with E-state index in [0.717, 1.165) is 12.8 Å². The van der Waals surface area contributed by atoms with Crippen molar-refractivity contribution in [2.75, 3.05) is 6.54 Å². The molecule has 1 aliphatic carbocycles. The van der Waals surface area contributed by atoms with Gasteiger partial charge in [-0.2, -0.15) is 5.10 Å². The smallest absolute Gasteiger partial charge is 0.274 e. The Morgan fingerprint density at radius 1 is 1.22 bits per heavy atom. The average molecular weight is 319 g/mol. The molecule has 1 aromatic heterocycles. The summed E-state index contributed by atoms with van der Waals surface area (Å²) in [5.41, 5.74) is 0.702. The zero-order valence-corrected chi connectivity index (χ0v) is 15.0. The first kappa shape index (κ1) is 16.5. The third kappa shape index (κ3) is 3.16. The second-order valence-electron chi connectivity index (χ2n) is 8.62. The first-order valence-electron chi connectivity index (χ1n) is 8.73. The molecule has 5 heteroatoms. The average Bonchev–Trinajstić information content (AvgIpc) is 2.99. The van der Waals surface area contributed by atoms with Crippen LogP contribution in [0.4, 0.5) is 0 Å². The van der Waals surface area contributed by atoms with Crippen LogP contribution in [-0.4, -0.2) is 43.9 Å². The van der Waals surface area contributed by atoms with Gasteiger partial charge in [-0.05, 0) is 66.4 Å². The number of carbonyl (C=O) groups excluding carboxylic acids is 1. The van der Waals surface area contributed by atoms with E-state index in [-0.39, 0.29) is 17.5 Å². The summed E-state index contributed by atoms with van der Waals surface area (Å²) < 4.78 is 2.02. The maximum absolute atomic E-state index is 13.0. The number of aromatic nitrogens is 2. The maximum Gasteiger partial charge on any atom is 0.274 e. The predicted molar refractivity (Wildman–Crippen MR) is 89.6 cm³/mol. The Bertz CT molecular complexity index is 603. The highest BCUT2D eigenvalue weighted by Crippen LogP contribution is 2.42. The zero-order chi connectivity index (χ0) is 17.0. The van der Waals surface area contributed by atoms with Crippen LogP contribution < -0.4 is 0 Å². The normalized spacial score (nSPS) is 22.7. The van der Waals surface area contributed by atoms with Gasteiger partial charge in [0.2, 0.25) is 0 Å². The van der Waals surface area contributed by atoms with Gasteiger partial charge in [-0.25, -0.2) is 0 Å². The zero-order valence-electron chi connectivity index (χ0n) is 15.0. The minimum atomic E-state index is -0.877. The lowest BCUT2D eigenvalue weighted by molar-refractivity contribution is 0.0000636. The van der Waals surface area contributed by atoms with Crippen molar-refractivity contribution in [3.05, 3.63) is 17.5 Å². The van der Waals surface area contributed by atoms with E-state index >= 15 is 0 Å². The van der Waals surface area contributed by atoms with Crippen molar-refractivity contribution in [2.45, 2.75) is 83.4 Å². The van der Waals surface area contributed by atoms with Crippen molar-refractivity contribution in [1.29, 1.82) is 0 Å². The van der Waals surface area contributed by atoms with Crippen molar-refractivity contribution < 1.29 is 9.90 Å². The summed E-state index contributed by atoms with van der Waals surface area (Å²) in [5, 5.41) is 15.0. The van der Waals surface area contributed by atoms with Gasteiger partial charge >= 0.3 is 0 Å². The van der Waals surface area contributed by atoms with Gasteiger partial charge < -0.3 is 10.0 Å². The van der Waals surface area contributed by atoms with Crippen LogP contribution in [0.15, 0.2) is 6.07 Å². The van der Waals surface area contributed by atoms with Gasteiger partial charge in [-0.15, -0.1) is 0 Å². The Kier molecular flexibility index (Phi) is 3.82. The molecule has 1 amide bonds. The Balaban J connectivity index is 1.91. The van der Waals surface area contributed by atoms with Crippen LogP contribution in [0.5, 0.6) is 0 Å². The summed E-state index contributed by atoms with van der Waals surface area (Å²) in [6.07, 6.45) is 4.16. The molecule has 0 bridgehead atoms. The number of carbonyl (C=O) groups is 1. The summed E-state index contributed by atoms with van der Waals surface area (Å²) >= 11 is 0. The molecule has 1 atom stereocenters. The van der Waals surface area contributed by atoms with Crippen molar-refractivity contribution >= 4 is 5.91 Å². The summed E-state index contributed by atoms with van der Waals surface area (Å²) in [7, 11) is 0. The van der Waals surface area contributed by atoms with Gasteiger partial charge in [0, 0.05) is 18.2 Å². The summed E-state index contributed by atoms with van der Waals surface area (Å²) in [5.74, 6) is 0.506. The van der Waals surface area contributed by atoms with Crippen LogP contribution in [0.1, 0.15) is 82.4 Å². The van der Waals surface area contributed by atoms with Gasteiger partial charge in [0.05, 0.1) is 17.2 Å². The summed E-state index contributed by atoms with van der Waals surface area (Å²) in [6, 6.07) is 1.85. The lowest BCUT2D eigenvalue weighted by Crippen LogP contribution is -2.48. The van der Waals surface area contributed by atoms with Gasteiger partial charge in [0.1, 0.15) is 0 Å². The number of likely N-dealkylation sites (tertiary alicyclic amines) is 1. The molecule has 1 aliphatic heterocycles. The molecular weight excluding hydrogens is 290 g/mol. The molecule has 1 saturated heterocycles. The van der Waals surface area contributed by atoms with Crippen molar-refractivity contribution in [1.82, 2.24) is 14.7 Å². The molecule has 3 rings (SSSR count). The Hall–Kier alpha value is -1.36. The van der Waals surface area contributed by atoms with E-state index in [1.54, 1.807) is 13.8 Å². The van der Waals surface area contributed by atoms with Crippen LogP contribution >= 0.6 is 0 Å². The largest absolute Gasteiger partial charge is 0.388 e. The standard InChI is InChI=1S/C18H29N3O2/c1-17(2,3)21-14(12-8-9-12)11-13(19-21)16(22)20-10-6-7-15(20)18(4,5)23/h11-12,15,23H,6-10H2,1-5H3. The number of aliphatic hydroxyl groups is 1. The van der Waals surface area contributed by atoms with Gasteiger partial charge in [-0.3, -0.25) is 9.48 Å². The fourth-order valence-electron chi connectivity index (χ4n) is 3.60. The van der Waals surface area contributed by atoms with E-state index in [9.17, 15) is 9.90 Å². The molecule has 1 unspecified atom stereocenters. The molecule has 2 fully saturated rings. The third-order valence-corrected chi connectivity index (χ3v) is 4.92. The maximum atomic E-state index is 13.0. The minimum absolute atomic E-state index is 0.0421. The summed E-state index contributed by atoms with van der Waals surface area (Å²) in [6.45, 7) is 10.6. The molecule has 2 heterocycles. The van der Waals surface area contributed by atoms with Gasteiger partial charge in [-0.1, -0.05) is 0 Å². The monoisotopic (exact) mass is 319 g/mol. The second-order valence-corrected chi connectivity index (χ2v) is 8.62. The fraction of sp³-hybridized carbons (Fsp3) is 0.778. The van der Waals surface area contributed by atoms with Gasteiger partial charge in [0.25, 0.3) is 5.91 Å². The lowest BCUT2D eigenvalue weighted by Gasteiger charge is -2.33. The van der Waals surface area contributed by atoms with E-state index in [0.29, 0.717) is 18.2 Å². The number of hydrogen-bond acceptors (Lipinski definition) is 3. The molecule has 23 heavy (non-hydrogen) atoms. The first-order chi connectivity index (χ1) is 10.6. The lowest BCUT2D eigenvalue weighted by atomic mass is 9.96.